The lowest BCUT2D eigenvalue weighted by molar-refractivity contribution is -0.238. The lowest BCUT2D eigenvalue weighted by Gasteiger charge is -2.19. The van der Waals surface area contributed by atoms with Crippen molar-refractivity contribution >= 4 is 22.7 Å². The maximum Gasteiger partial charge on any atom is 0.491 e. The zero-order valence-corrected chi connectivity index (χ0v) is 15.6. The summed E-state index contributed by atoms with van der Waals surface area (Å²) in [6.45, 7) is 0. The monoisotopic (exact) mass is 442 g/mol. The molecule has 1 aromatic carbocycles. The van der Waals surface area contributed by atoms with Gasteiger partial charge in [0.15, 0.2) is 5.78 Å². The molecule has 0 unspecified atom stereocenters. The average molecular weight is 442 g/mol. The Morgan fingerprint density at radius 3 is 2.68 bits per heavy atom. The van der Waals surface area contributed by atoms with Crippen LogP contribution in [0.1, 0.15) is 33.8 Å². The molecule has 0 amide bonds. The van der Waals surface area contributed by atoms with Crippen molar-refractivity contribution in [3.8, 4) is 11.5 Å². The summed E-state index contributed by atoms with van der Waals surface area (Å²) in [6, 6.07) is 1.45. The SMILES string of the molecule is COc1cc2c(c3oc(=O)c4c(c13)CCC4=O)[C@H]1[C@@H](O2)O[C@@H](OC(=O)C(F)(F)F)[C@@H]1O. The van der Waals surface area contributed by atoms with Crippen LogP contribution in [0.2, 0.25) is 0 Å². The zero-order valence-electron chi connectivity index (χ0n) is 15.6. The van der Waals surface area contributed by atoms with E-state index >= 15 is 0 Å². The van der Waals surface area contributed by atoms with E-state index in [4.69, 9.17) is 18.6 Å². The number of esters is 1. The van der Waals surface area contributed by atoms with Crippen molar-refractivity contribution in [2.45, 2.75) is 43.6 Å². The number of carbonyl (C=O) groups is 2. The van der Waals surface area contributed by atoms with E-state index in [2.05, 4.69) is 4.74 Å². The third-order valence-electron chi connectivity index (χ3n) is 5.59. The van der Waals surface area contributed by atoms with Gasteiger partial charge in [0.05, 0.1) is 24.0 Å². The summed E-state index contributed by atoms with van der Waals surface area (Å²) in [5, 5.41) is 10.9. The number of methoxy groups -OCH3 is 1. The van der Waals surface area contributed by atoms with Crippen LogP contribution in [0, 0.1) is 0 Å². The van der Waals surface area contributed by atoms with Crippen LogP contribution in [0.5, 0.6) is 11.5 Å². The second kappa shape index (κ2) is 6.44. The minimum absolute atomic E-state index is 0.0363. The molecule has 0 radical (unpaired) electrons. The molecule has 0 saturated carbocycles. The first-order valence-corrected chi connectivity index (χ1v) is 9.13. The number of aryl methyl sites for hydroxylation is 1. The Morgan fingerprint density at radius 1 is 1.26 bits per heavy atom. The van der Waals surface area contributed by atoms with Crippen molar-refractivity contribution in [3.05, 3.63) is 33.2 Å². The Balaban J connectivity index is 1.64. The number of aliphatic hydroxyl groups excluding tert-OH is 1. The molecule has 0 bridgehead atoms. The van der Waals surface area contributed by atoms with Gasteiger partial charge in [-0.05, 0) is 12.0 Å². The van der Waals surface area contributed by atoms with Gasteiger partial charge in [-0.1, -0.05) is 0 Å². The van der Waals surface area contributed by atoms with Gasteiger partial charge >= 0.3 is 17.8 Å². The highest BCUT2D eigenvalue weighted by atomic mass is 19.4. The van der Waals surface area contributed by atoms with Gasteiger partial charge in [-0.15, -0.1) is 0 Å². The first kappa shape index (κ1) is 19.8. The van der Waals surface area contributed by atoms with Crippen LogP contribution >= 0.6 is 0 Å². The summed E-state index contributed by atoms with van der Waals surface area (Å²) in [5.74, 6) is -3.65. The molecule has 1 N–H and O–H groups in total. The van der Waals surface area contributed by atoms with Gasteiger partial charge in [0.25, 0.3) is 0 Å². The Morgan fingerprint density at radius 2 is 2.00 bits per heavy atom. The van der Waals surface area contributed by atoms with Gasteiger partial charge in [0.2, 0.25) is 12.6 Å². The van der Waals surface area contributed by atoms with Crippen molar-refractivity contribution in [1.29, 1.82) is 0 Å². The molecular formula is C19H13F3O9. The molecule has 164 valence electrons. The topological polar surface area (TPSA) is 122 Å². The number of halogens is 3. The number of fused-ring (bicyclic) bond motifs is 7. The van der Waals surface area contributed by atoms with Crippen LogP contribution in [0.4, 0.5) is 13.2 Å². The molecule has 31 heavy (non-hydrogen) atoms. The second-order valence-electron chi connectivity index (χ2n) is 7.27. The highest BCUT2D eigenvalue weighted by molar-refractivity contribution is 6.06. The number of ether oxygens (including phenoxy) is 4. The standard InChI is InChI=1S/C19H13F3O9/c1-27-7-4-8-11(14-10(7)5-2-3-6(23)9(5)15(25)29-14)12-13(24)17(30-16(12)28-8)31-18(26)19(20,21)22/h4,12-13,16-17,24H,2-3H2,1H3/t12-,13-,16+,17+/m1/s1. The minimum atomic E-state index is -5.28. The van der Waals surface area contributed by atoms with E-state index in [1.165, 1.54) is 13.2 Å². The maximum atomic E-state index is 12.5. The number of Topliss-reactive ketones (excluding diaryl/α,β-unsaturated/α-hetero) is 1. The molecule has 2 aromatic rings. The fraction of sp³-hybridized carbons (Fsp3) is 0.421. The first-order chi connectivity index (χ1) is 14.6. The van der Waals surface area contributed by atoms with Crippen molar-refractivity contribution in [2.24, 2.45) is 0 Å². The third kappa shape index (κ3) is 2.74. The Hall–Kier alpha value is -3.12. The maximum absolute atomic E-state index is 12.5. The van der Waals surface area contributed by atoms with Crippen LogP contribution < -0.4 is 15.1 Å². The average Bonchev–Trinajstić information content (AvgIpc) is 3.34. The zero-order chi connectivity index (χ0) is 22.2. The van der Waals surface area contributed by atoms with Crippen LogP contribution in [-0.2, 0) is 20.7 Å². The number of rotatable bonds is 2. The van der Waals surface area contributed by atoms with Crippen molar-refractivity contribution < 1.29 is 51.2 Å². The van der Waals surface area contributed by atoms with Gasteiger partial charge in [-0.2, -0.15) is 13.2 Å². The molecule has 12 heteroatoms. The number of alkyl halides is 3. The molecule has 1 fully saturated rings. The van der Waals surface area contributed by atoms with Gasteiger partial charge in [-0.3, -0.25) is 9.53 Å². The summed E-state index contributed by atoms with van der Waals surface area (Å²) in [5.41, 5.74) is -0.421. The minimum Gasteiger partial charge on any atom is -0.496 e. The number of hydrogen-bond acceptors (Lipinski definition) is 9. The van der Waals surface area contributed by atoms with E-state index < -0.39 is 42.4 Å². The van der Waals surface area contributed by atoms with Gasteiger partial charge in [-0.25, -0.2) is 9.59 Å². The first-order valence-electron chi connectivity index (χ1n) is 9.13. The fourth-order valence-corrected chi connectivity index (χ4v) is 4.31. The highest BCUT2D eigenvalue weighted by Gasteiger charge is 2.56. The van der Waals surface area contributed by atoms with E-state index in [0.717, 1.165) is 0 Å². The lowest BCUT2D eigenvalue weighted by atomic mass is 9.92. The summed E-state index contributed by atoms with van der Waals surface area (Å²) < 4.78 is 63.3. The van der Waals surface area contributed by atoms with Crippen LogP contribution in [0.15, 0.2) is 15.3 Å². The van der Waals surface area contributed by atoms with Gasteiger partial charge in [0.1, 0.15) is 28.7 Å². The van der Waals surface area contributed by atoms with Gasteiger partial charge in [0, 0.05) is 12.5 Å². The summed E-state index contributed by atoms with van der Waals surface area (Å²) >= 11 is 0. The van der Waals surface area contributed by atoms with Crippen molar-refractivity contribution in [3.63, 3.8) is 0 Å². The Bertz CT molecular complexity index is 1200. The second-order valence-corrected chi connectivity index (χ2v) is 7.27. The van der Waals surface area contributed by atoms with Crippen LogP contribution in [0.25, 0.3) is 11.0 Å². The normalized spacial score (nSPS) is 26.4. The molecule has 4 atom stereocenters. The third-order valence-corrected chi connectivity index (χ3v) is 5.59. The van der Waals surface area contributed by atoms with E-state index in [0.29, 0.717) is 10.9 Å². The van der Waals surface area contributed by atoms with E-state index in [1.54, 1.807) is 0 Å². The number of ketones is 1. The molecule has 2 aliphatic heterocycles. The number of carbonyl (C=O) groups excluding carboxylic acids is 2. The highest BCUT2D eigenvalue weighted by Crippen LogP contribution is 2.52. The summed E-state index contributed by atoms with van der Waals surface area (Å²) in [7, 11) is 1.36. The summed E-state index contributed by atoms with van der Waals surface area (Å²) in [6.07, 6.45) is -9.88. The molecular weight excluding hydrogens is 429 g/mol. The molecule has 5 rings (SSSR count). The largest absolute Gasteiger partial charge is 0.496 e. The molecule has 9 nitrogen and oxygen atoms in total. The predicted octanol–water partition coefficient (Wildman–Crippen LogP) is 1.56. The Labute approximate surface area is 170 Å². The van der Waals surface area contributed by atoms with Crippen LogP contribution in [0.3, 0.4) is 0 Å². The quantitative estimate of drug-likeness (QED) is 0.545. The predicted molar refractivity (Wildman–Crippen MR) is 91.9 cm³/mol. The van der Waals surface area contributed by atoms with E-state index in [1.807, 2.05) is 0 Å². The molecule has 3 heterocycles. The lowest BCUT2D eigenvalue weighted by Crippen LogP contribution is -2.35. The van der Waals surface area contributed by atoms with Crippen molar-refractivity contribution in [2.75, 3.05) is 7.11 Å². The van der Waals surface area contributed by atoms with Gasteiger partial charge < -0.3 is 23.7 Å². The fourth-order valence-electron chi connectivity index (χ4n) is 4.31. The summed E-state index contributed by atoms with van der Waals surface area (Å²) in [4.78, 5) is 35.7. The van der Waals surface area contributed by atoms with Crippen molar-refractivity contribution in [1.82, 2.24) is 0 Å². The van der Waals surface area contributed by atoms with E-state index in [9.17, 15) is 32.7 Å². The molecule has 1 saturated heterocycles. The number of benzene rings is 1. The molecule has 3 aliphatic rings. The van der Waals surface area contributed by atoms with Crippen LogP contribution in [-0.4, -0.2) is 48.8 Å². The number of hydrogen-bond donors (Lipinski definition) is 1. The molecule has 1 aliphatic carbocycles. The molecule has 1 aromatic heterocycles. The van der Waals surface area contributed by atoms with E-state index in [-0.39, 0.29) is 46.8 Å². The smallest absolute Gasteiger partial charge is 0.491 e. The molecule has 0 spiro atoms. The Kier molecular flexibility index (Phi) is 4.12. The number of aliphatic hydroxyl groups is 1.